The Morgan fingerprint density at radius 3 is 2.92 bits per heavy atom. The molecule has 2 aromatic rings. The molecule has 5 rings (SSSR count). The minimum Gasteiger partial charge on any atom is -0.324 e. The highest BCUT2D eigenvalue weighted by molar-refractivity contribution is 7.11. The average molecular weight is 372 g/mol. The van der Waals surface area contributed by atoms with Gasteiger partial charge in [-0.05, 0) is 51.4 Å². The maximum absolute atomic E-state index is 12.8. The van der Waals surface area contributed by atoms with Crippen molar-refractivity contribution in [2.45, 2.75) is 63.3 Å². The largest absolute Gasteiger partial charge is 0.324 e. The molecule has 6 nitrogen and oxygen atoms in total. The number of hydrogen-bond donors (Lipinski definition) is 1. The van der Waals surface area contributed by atoms with Gasteiger partial charge in [0, 0.05) is 30.0 Å². The second-order valence-electron chi connectivity index (χ2n) is 7.74. The Balaban J connectivity index is 1.26. The Labute approximate surface area is 157 Å². The van der Waals surface area contributed by atoms with Gasteiger partial charge in [0.15, 0.2) is 0 Å². The van der Waals surface area contributed by atoms with E-state index in [4.69, 9.17) is 4.98 Å². The van der Waals surface area contributed by atoms with E-state index in [1.54, 1.807) is 6.20 Å². The lowest BCUT2D eigenvalue weighted by molar-refractivity contribution is 0.192. The van der Waals surface area contributed by atoms with E-state index in [2.05, 4.69) is 10.4 Å². The van der Waals surface area contributed by atoms with Crippen molar-refractivity contribution in [1.29, 1.82) is 0 Å². The number of urea groups is 1. The van der Waals surface area contributed by atoms with Gasteiger partial charge >= 0.3 is 6.03 Å². The van der Waals surface area contributed by atoms with Crippen molar-refractivity contribution in [3.8, 4) is 0 Å². The molecule has 0 spiro atoms. The van der Waals surface area contributed by atoms with Gasteiger partial charge in [-0.1, -0.05) is 0 Å². The number of anilines is 1. The van der Waals surface area contributed by atoms with Gasteiger partial charge in [-0.3, -0.25) is 5.32 Å². The van der Waals surface area contributed by atoms with Crippen LogP contribution in [0.15, 0.2) is 12.3 Å². The van der Waals surface area contributed by atoms with Gasteiger partial charge in [-0.15, -0.1) is 11.3 Å². The number of aryl methyl sites for hydroxylation is 2. The molecule has 1 N–H and O–H groups in total. The molecule has 2 fully saturated rings. The highest BCUT2D eigenvalue weighted by atomic mass is 32.1. The summed E-state index contributed by atoms with van der Waals surface area (Å²) in [5.41, 5.74) is 1.32. The topological polar surface area (TPSA) is 63.1 Å². The van der Waals surface area contributed by atoms with E-state index in [9.17, 15) is 4.79 Å². The van der Waals surface area contributed by atoms with Crippen LogP contribution in [0.2, 0.25) is 0 Å². The van der Waals surface area contributed by atoms with Crippen LogP contribution in [0.4, 0.5) is 10.6 Å². The summed E-state index contributed by atoms with van der Waals surface area (Å²) in [4.78, 5) is 21.1. The molecule has 1 saturated carbocycles. The zero-order valence-corrected chi connectivity index (χ0v) is 15.8. The molecular weight excluding hydrogens is 346 g/mol. The smallest absolute Gasteiger partial charge is 0.323 e. The number of fused-ring (bicyclic) bond motifs is 1. The molecule has 1 aliphatic heterocycles. The minimum absolute atomic E-state index is 0.000120. The van der Waals surface area contributed by atoms with Gasteiger partial charge in [-0.25, -0.2) is 14.5 Å². The first kappa shape index (κ1) is 16.3. The van der Waals surface area contributed by atoms with Crippen LogP contribution in [-0.2, 0) is 12.8 Å². The molecule has 3 aliphatic rings. The van der Waals surface area contributed by atoms with Crippen molar-refractivity contribution in [2.75, 3.05) is 18.4 Å². The monoisotopic (exact) mass is 371 g/mol. The first-order valence-corrected chi connectivity index (χ1v) is 10.7. The number of amides is 2. The average Bonchev–Trinajstić information content (AvgIpc) is 3.30. The van der Waals surface area contributed by atoms with E-state index in [1.807, 2.05) is 27.0 Å². The van der Waals surface area contributed by atoms with E-state index < -0.39 is 0 Å². The van der Waals surface area contributed by atoms with Gasteiger partial charge < -0.3 is 4.90 Å². The van der Waals surface area contributed by atoms with Crippen LogP contribution in [0.25, 0.3) is 0 Å². The molecule has 1 atom stereocenters. The zero-order chi connectivity index (χ0) is 17.5. The van der Waals surface area contributed by atoms with Crippen LogP contribution in [0, 0.1) is 0 Å². The Morgan fingerprint density at radius 2 is 2.12 bits per heavy atom. The number of piperidine rings is 1. The Kier molecular flexibility index (Phi) is 4.19. The third-order valence-electron chi connectivity index (χ3n) is 6.00. The van der Waals surface area contributed by atoms with Crippen LogP contribution in [0.1, 0.15) is 66.1 Å². The lowest BCUT2D eigenvalue weighted by Crippen LogP contribution is -2.42. The molecule has 0 radical (unpaired) electrons. The van der Waals surface area contributed by atoms with Gasteiger partial charge in [0.1, 0.15) is 5.82 Å². The second-order valence-corrected chi connectivity index (χ2v) is 8.85. The molecule has 1 saturated heterocycles. The Bertz CT molecular complexity index is 787. The third kappa shape index (κ3) is 2.92. The number of carbonyl (C=O) groups excluding carboxylic acids is 1. The first-order chi connectivity index (χ1) is 12.8. The number of nitrogens with zero attached hydrogens (tertiary/aromatic N) is 4. The fourth-order valence-electron chi connectivity index (χ4n) is 4.27. The molecular formula is C19H25N5OS. The highest BCUT2D eigenvalue weighted by Crippen LogP contribution is 2.36. The summed E-state index contributed by atoms with van der Waals surface area (Å²) in [5.74, 6) is 1.22. The summed E-state index contributed by atoms with van der Waals surface area (Å²) in [6.07, 6.45) is 11.1. The number of carbonyl (C=O) groups is 1. The minimum atomic E-state index is -0.000120. The quantitative estimate of drug-likeness (QED) is 0.888. The van der Waals surface area contributed by atoms with E-state index in [0.29, 0.717) is 12.0 Å². The van der Waals surface area contributed by atoms with Crippen LogP contribution in [-0.4, -0.2) is 38.8 Å². The normalized spacial score (nSPS) is 22.9. The first-order valence-electron chi connectivity index (χ1n) is 9.86. The van der Waals surface area contributed by atoms with Gasteiger partial charge in [-0.2, -0.15) is 5.10 Å². The molecule has 2 aliphatic carbocycles. The molecule has 26 heavy (non-hydrogen) atoms. The molecule has 7 heteroatoms. The van der Waals surface area contributed by atoms with E-state index in [1.165, 1.54) is 34.8 Å². The summed E-state index contributed by atoms with van der Waals surface area (Å²) in [7, 11) is 0. The number of aromatic nitrogens is 3. The van der Waals surface area contributed by atoms with Crippen LogP contribution < -0.4 is 5.32 Å². The molecule has 2 aromatic heterocycles. The van der Waals surface area contributed by atoms with Crippen molar-refractivity contribution >= 4 is 23.2 Å². The second kappa shape index (κ2) is 6.68. The highest BCUT2D eigenvalue weighted by Gasteiger charge is 2.29. The number of likely N-dealkylation sites (tertiary alicyclic amines) is 1. The van der Waals surface area contributed by atoms with Gasteiger partial charge in [0.05, 0.1) is 22.9 Å². The van der Waals surface area contributed by atoms with Gasteiger partial charge in [0.2, 0.25) is 0 Å². The SMILES string of the molecule is O=C(Nc1ccnn1C1CCC1)N1CCCC(c2nc3c(s2)CCC3)C1. The zero-order valence-electron chi connectivity index (χ0n) is 15.0. The van der Waals surface area contributed by atoms with Crippen molar-refractivity contribution in [2.24, 2.45) is 0 Å². The molecule has 138 valence electrons. The summed E-state index contributed by atoms with van der Waals surface area (Å²) in [6.45, 7) is 1.60. The summed E-state index contributed by atoms with van der Waals surface area (Å²) in [6, 6.07) is 2.36. The maximum atomic E-state index is 12.8. The van der Waals surface area contributed by atoms with E-state index >= 15 is 0 Å². The van der Waals surface area contributed by atoms with Crippen molar-refractivity contribution in [3.05, 3.63) is 27.8 Å². The number of rotatable bonds is 3. The lowest BCUT2D eigenvalue weighted by atomic mass is 9.93. The number of nitrogens with one attached hydrogen (secondary N) is 1. The fourth-order valence-corrected chi connectivity index (χ4v) is 5.55. The van der Waals surface area contributed by atoms with Crippen LogP contribution in [0.5, 0.6) is 0 Å². The molecule has 3 heterocycles. The predicted molar refractivity (Wildman–Crippen MR) is 102 cm³/mol. The number of hydrogen-bond acceptors (Lipinski definition) is 4. The Hall–Kier alpha value is -1.89. The molecule has 2 amide bonds. The molecule has 0 bridgehead atoms. The van der Waals surface area contributed by atoms with E-state index in [-0.39, 0.29) is 6.03 Å². The third-order valence-corrected chi connectivity index (χ3v) is 7.32. The fraction of sp³-hybridized carbons (Fsp3) is 0.632. The summed E-state index contributed by atoms with van der Waals surface area (Å²) < 4.78 is 1.98. The maximum Gasteiger partial charge on any atom is 0.323 e. The van der Waals surface area contributed by atoms with E-state index in [0.717, 1.165) is 51.0 Å². The summed E-state index contributed by atoms with van der Waals surface area (Å²) >= 11 is 1.88. The Morgan fingerprint density at radius 1 is 1.19 bits per heavy atom. The standard InChI is InChI=1S/C19H25N5OS/c25-19(22-17-9-10-20-24(17)14-5-1-6-14)23-11-3-4-13(12-23)18-21-15-7-2-8-16(15)26-18/h9-10,13-14H,1-8,11-12H2,(H,22,25). The summed E-state index contributed by atoms with van der Waals surface area (Å²) in [5, 5.41) is 8.74. The van der Waals surface area contributed by atoms with Gasteiger partial charge in [0.25, 0.3) is 0 Å². The van der Waals surface area contributed by atoms with Crippen molar-refractivity contribution < 1.29 is 4.79 Å². The predicted octanol–water partition coefficient (Wildman–Crippen LogP) is 3.96. The lowest BCUT2D eigenvalue weighted by Gasteiger charge is -2.32. The van der Waals surface area contributed by atoms with Crippen LogP contribution >= 0.6 is 11.3 Å². The number of thiazole rings is 1. The molecule has 0 aromatic carbocycles. The van der Waals surface area contributed by atoms with Crippen molar-refractivity contribution in [3.63, 3.8) is 0 Å². The van der Waals surface area contributed by atoms with Crippen LogP contribution in [0.3, 0.4) is 0 Å². The molecule has 1 unspecified atom stereocenters. The van der Waals surface area contributed by atoms with Crippen molar-refractivity contribution in [1.82, 2.24) is 19.7 Å².